The van der Waals surface area contributed by atoms with Crippen LogP contribution in [0, 0.1) is 0 Å². The highest BCUT2D eigenvalue weighted by Gasteiger charge is 2.18. The first kappa shape index (κ1) is 14.1. The smallest absolute Gasteiger partial charge is 0.147 e. The van der Waals surface area contributed by atoms with Crippen molar-refractivity contribution < 1.29 is 14.6 Å². The van der Waals surface area contributed by atoms with E-state index in [9.17, 15) is 5.11 Å². The number of hydrogen-bond donors (Lipinski definition) is 1. The molecule has 0 amide bonds. The van der Waals surface area contributed by atoms with Gasteiger partial charge in [-0.15, -0.1) is 0 Å². The molecule has 1 N–H and O–H groups in total. The standard InChI is InChI=1S/C13H19ClO3/c1-4-5-6-10(15)9-7-8-11(16-2)12(14)13(9)17-3/h7-8,10,15H,4-6H2,1-3H3. The Kier molecular flexibility index (Phi) is 5.59. The minimum absolute atomic E-state index is 0.406. The minimum atomic E-state index is -0.548. The highest BCUT2D eigenvalue weighted by atomic mass is 35.5. The Hall–Kier alpha value is -0.930. The fourth-order valence-electron chi connectivity index (χ4n) is 1.73. The van der Waals surface area contributed by atoms with E-state index >= 15 is 0 Å². The number of unbranched alkanes of at least 4 members (excludes halogenated alkanes) is 1. The average molecular weight is 259 g/mol. The summed E-state index contributed by atoms with van der Waals surface area (Å²) < 4.78 is 10.4. The summed E-state index contributed by atoms with van der Waals surface area (Å²) in [4.78, 5) is 0. The van der Waals surface area contributed by atoms with E-state index in [-0.39, 0.29) is 0 Å². The number of aliphatic hydroxyl groups excluding tert-OH is 1. The van der Waals surface area contributed by atoms with E-state index in [1.807, 2.05) is 0 Å². The number of ether oxygens (including phenoxy) is 2. The molecule has 3 nitrogen and oxygen atoms in total. The predicted octanol–water partition coefficient (Wildman–Crippen LogP) is 3.58. The number of benzene rings is 1. The van der Waals surface area contributed by atoms with Crippen LogP contribution in [0.25, 0.3) is 0 Å². The molecule has 0 saturated heterocycles. The molecule has 0 fully saturated rings. The second-order valence-electron chi connectivity index (χ2n) is 3.86. The Morgan fingerprint density at radius 3 is 2.53 bits per heavy atom. The molecular formula is C13H19ClO3. The SMILES string of the molecule is CCCCC(O)c1ccc(OC)c(Cl)c1OC. The van der Waals surface area contributed by atoms with Gasteiger partial charge in [0.15, 0.2) is 0 Å². The van der Waals surface area contributed by atoms with Crippen LogP contribution in [0.1, 0.15) is 37.9 Å². The third-order valence-corrected chi connectivity index (χ3v) is 3.06. The first-order chi connectivity index (χ1) is 8.15. The maximum Gasteiger partial charge on any atom is 0.147 e. The zero-order valence-corrected chi connectivity index (χ0v) is 11.3. The monoisotopic (exact) mass is 258 g/mol. The second kappa shape index (κ2) is 6.72. The molecule has 0 aromatic heterocycles. The average Bonchev–Trinajstić information content (AvgIpc) is 2.35. The van der Waals surface area contributed by atoms with Crippen LogP contribution in [-0.2, 0) is 0 Å². The number of methoxy groups -OCH3 is 2. The van der Waals surface area contributed by atoms with Gasteiger partial charge in [0, 0.05) is 5.56 Å². The van der Waals surface area contributed by atoms with Gasteiger partial charge in [0.05, 0.1) is 20.3 Å². The molecule has 0 heterocycles. The molecule has 1 aromatic carbocycles. The number of aliphatic hydroxyl groups is 1. The van der Waals surface area contributed by atoms with Crippen molar-refractivity contribution in [3.63, 3.8) is 0 Å². The first-order valence-corrected chi connectivity index (χ1v) is 6.11. The van der Waals surface area contributed by atoms with Gasteiger partial charge in [0.1, 0.15) is 16.5 Å². The summed E-state index contributed by atoms with van der Waals surface area (Å²) in [6.45, 7) is 2.09. The molecule has 0 bridgehead atoms. The molecule has 0 aliphatic carbocycles. The van der Waals surface area contributed by atoms with E-state index in [4.69, 9.17) is 21.1 Å². The van der Waals surface area contributed by atoms with Crippen molar-refractivity contribution in [2.75, 3.05) is 14.2 Å². The zero-order valence-electron chi connectivity index (χ0n) is 10.5. The third-order valence-electron chi connectivity index (χ3n) is 2.71. The third kappa shape index (κ3) is 3.27. The van der Waals surface area contributed by atoms with Crippen molar-refractivity contribution in [2.24, 2.45) is 0 Å². The summed E-state index contributed by atoms with van der Waals surface area (Å²) in [6.07, 6.45) is 2.17. The van der Waals surface area contributed by atoms with E-state index in [1.54, 1.807) is 19.2 Å². The number of hydrogen-bond acceptors (Lipinski definition) is 3. The van der Waals surface area contributed by atoms with Crippen LogP contribution in [0.4, 0.5) is 0 Å². The Morgan fingerprint density at radius 1 is 1.29 bits per heavy atom. The van der Waals surface area contributed by atoms with Crippen LogP contribution in [0.5, 0.6) is 11.5 Å². The van der Waals surface area contributed by atoms with Gasteiger partial charge in [-0.25, -0.2) is 0 Å². The van der Waals surface area contributed by atoms with Crippen LogP contribution < -0.4 is 9.47 Å². The molecule has 1 unspecified atom stereocenters. The highest BCUT2D eigenvalue weighted by Crippen LogP contribution is 2.40. The van der Waals surface area contributed by atoms with Crippen molar-refractivity contribution in [1.82, 2.24) is 0 Å². The molecule has 1 atom stereocenters. The summed E-state index contributed by atoms with van der Waals surface area (Å²) in [6, 6.07) is 3.54. The molecule has 4 heteroatoms. The van der Waals surface area contributed by atoms with Crippen molar-refractivity contribution >= 4 is 11.6 Å². The number of halogens is 1. The van der Waals surface area contributed by atoms with Crippen LogP contribution in [0.3, 0.4) is 0 Å². The van der Waals surface area contributed by atoms with Gasteiger partial charge in [-0.05, 0) is 18.6 Å². The lowest BCUT2D eigenvalue weighted by molar-refractivity contribution is 0.160. The van der Waals surface area contributed by atoms with Crippen molar-refractivity contribution in [3.8, 4) is 11.5 Å². The maximum atomic E-state index is 10.1. The van der Waals surface area contributed by atoms with Crippen molar-refractivity contribution in [1.29, 1.82) is 0 Å². The fraction of sp³-hybridized carbons (Fsp3) is 0.538. The molecule has 0 aliphatic rings. The van der Waals surface area contributed by atoms with Gasteiger partial charge < -0.3 is 14.6 Å². The van der Waals surface area contributed by atoms with E-state index in [0.29, 0.717) is 28.5 Å². The first-order valence-electron chi connectivity index (χ1n) is 5.74. The molecular weight excluding hydrogens is 240 g/mol. The fourth-order valence-corrected chi connectivity index (χ4v) is 2.06. The quantitative estimate of drug-likeness (QED) is 0.848. The zero-order chi connectivity index (χ0) is 12.8. The van der Waals surface area contributed by atoms with Crippen LogP contribution in [0.15, 0.2) is 12.1 Å². The maximum absolute atomic E-state index is 10.1. The molecule has 0 aliphatic heterocycles. The Labute approximate surface area is 107 Å². The topological polar surface area (TPSA) is 38.7 Å². The normalized spacial score (nSPS) is 12.3. The minimum Gasteiger partial charge on any atom is -0.495 e. The summed E-state index contributed by atoms with van der Waals surface area (Å²) in [5, 5.41) is 10.5. The van der Waals surface area contributed by atoms with Gasteiger partial charge in [0.2, 0.25) is 0 Å². The molecule has 0 spiro atoms. The lowest BCUT2D eigenvalue weighted by Crippen LogP contribution is -2.02. The predicted molar refractivity (Wildman–Crippen MR) is 69.0 cm³/mol. The van der Waals surface area contributed by atoms with E-state index in [0.717, 1.165) is 12.8 Å². The molecule has 1 aromatic rings. The van der Waals surface area contributed by atoms with Gasteiger partial charge in [0.25, 0.3) is 0 Å². The Morgan fingerprint density at radius 2 is 2.00 bits per heavy atom. The van der Waals surface area contributed by atoms with Crippen LogP contribution in [0.2, 0.25) is 5.02 Å². The summed E-state index contributed by atoms with van der Waals surface area (Å²) >= 11 is 6.13. The lowest BCUT2D eigenvalue weighted by atomic mass is 10.0. The molecule has 96 valence electrons. The summed E-state index contributed by atoms with van der Waals surface area (Å²) in [5.74, 6) is 1.05. The van der Waals surface area contributed by atoms with Gasteiger partial charge >= 0.3 is 0 Å². The lowest BCUT2D eigenvalue weighted by Gasteiger charge is -2.17. The Balaban J connectivity index is 3.03. The van der Waals surface area contributed by atoms with Crippen LogP contribution in [-0.4, -0.2) is 19.3 Å². The van der Waals surface area contributed by atoms with E-state index in [2.05, 4.69) is 6.92 Å². The van der Waals surface area contributed by atoms with Crippen LogP contribution >= 0.6 is 11.6 Å². The molecule has 0 radical (unpaired) electrons. The molecule has 1 rings (SSSR count). The van der Waals surface area contributed by atoms with Crippen molar-refractivity contribution in [2.45, 2.75) is 32.3 Å². The van der Waals surface area contributed by atoms with E-state index < -0.39 is 6.10 Å². The van der Waals surface area contributed by atoms with Gasteiger partial charge in [-0.1, -0.05) is 31.4 Å². The largest absolute Gasteiger partial charge is 0.495 e. The van der Waals surface area contributed by atoms with Crippen molar-refractivity contribution in [3.05, 3.63) is 22.7 Å². The molecule has 0 saturated carbocycles. The summed E-state index contributed by atoms with van der Waals surface area (Å²) in [7, 11) is 3.09. The summed E-state index contributed by atoms with van der Waals surface area (Å²) in [5.41, 5.74) is 0.715. The van der Waals surface area contributed by atoms with Gasteiger partial charge in [-0.3, -0.25) is 0 Å². The highest BCUT2D eigenvalue weighted by molar-refractivity contribution is 6.33. The second-order valence-corrected chi connectivity index (χ2v) is 4.24. The molecule has 17 heavy (non-hydrogen) atoms. The number of rotatable bonds is 6. The van der Waals surface area contributed by atoms with E-state index in [1.165, 1.54) is 7.11 Å². The Bertz CT molecular complexity index is 366. The van der Waals surface area contributed by atoms with Gasteiger partial charge in [-0.2, -0.15) is 0 Å².